The summed E-state index contributed by atoms with van der Waals surface area (Å²) in [6.45, 7) is 3.82. The van der Waals surface area contributed by atoms with Crippen LogP contribution >= 0.6 is 23.2 Å². The fourth-order valence-electron chi connectivity index (χ4n) is 1.02. The van der Waals surface area contributed by atoms with Gasteiger partial charge >= 0.3 is 0 Å². The van der Waals surface area contributed by atoms with Crippen molar-refractivity contribution in [2.75, 3.05) is 6.54 Å². The maximum Gasteiger partial charge on any atom is 0.240 e. The number of rotatable bonds is 5. The van der Waals surface area contributed by atoms with Crippen molar-refractivity contribution in [2.45, 2.75) is 11.3 Å². The van der Waals surface area contributed by atoms with E-state index in [4.69, 9.17) is 23.2 Å². The topological polar surface area (TPSA) is 46.2 Å². The number of sulfonamides is 1. The van der Waals surface area contributed by atoms with Crippen LogP contribution in [0.15, 0.2) is 35.7 Å². The van der Waals surface area contributed by atoms with Crippen molar-refractivity contribution in [1.82, 2.24) is 4.72 Å². The Labute approximate surface area is 105 Å². The van der Waals surface area contributed by atoms with Crippen LogP contribution in [0, 0.1) is 0 Å². The highest BCUT2D eigenvalue weighted by molar-refractivity contribution is 7.89. The van der Waals surface area contributed by atoms with E-state index in [1.807, 2.05) is 0 Å². The first-order chi connectivity index (χ1) is 7.47. The molecule has 88 valence electrons. The van der Waals surface area contributed by atoms with E-state index in [2.05, 4.69) is 11.3 Å². The van der Waals surface area contributed by atoms with E-state index in [0.29, 0.717) is 18.0 Å². The molecule has 1 aromatic carbocycles. The van der Waals surface area contributed by atoms with Crippen LogP contribution in [0.4, 0.5) is 0 Å². The van der Waals surface area contributed by atoms with Crippen LogP contribution < -0.4 is 4.72 Å². The van der Waals surface area contributed by atoms with Crippen molar-refractivity contribution in [3.8, 4) is 0 Å². The molecule has 0 aliphatic rings. The summed E-state index contributed by atoms with van der Waals surface area (Å²) >= 11 is 11.4. The molecule has 0 aromatic heterocycles. The Morgan fingerprint density at radius 2 is 2.00 bits per heavy atom. The van der Waals surface area contributed by atoms with Crippen LogP contribution in [0.3, 0.4) is 0 Å². The molecule has 0 amide bonds. The molecule has 1 aromatic rings. The number of hydrogen-bond acceptors (Lipinski definition) is 2. The Hall–Kier alpha value is -0.550. The lowest BCUT2D eigenvalue weighted by molar-refractivity contribution is 0.582. The minimum absolute atomic E-state index is 0.103. The number of benzene rings is 1. The summed E-state index contributed by atoms with van der Waals surface area (Å²) in [5, 5.41) is 0.542. The third kappa shape index (κ3) is 3.49. The number of nitrogens with one attached hydrogen (secondary N) is 1. The fraction of sp³-hybridized carbons (Fsp3) is 0.200. The molecule has 6 heteroatoms. The zero-order valence-corrected chi connectivity index (χ0v) is 10.7. The molecule has 0 aliphatic heterocycles. The second-order valence-electron chi connectivity index (χ2n) is 3.05. The van der Waals surface area contributed by atoms with Crippen molar-refractivity contribution in [2.24, 2.45) is 0 Å². The zero-order chi connectivity index (χ0) is 12.2. The van der Waals surface area contributed by atoms with Gasteiger partial charge in [-0.2, -0.15) is 0 Å². The van der Waals surface area contributed by atoms with Crippen LogP contribution in [0.2, 0.25) is 10.0 Å². The second-order valence-corrected chi connectivity index (χ2v) is 5.63. The number of hydrogen-bond donors (Lipinski definition) is 1. The molecule has 16 heavy (non-hydrogen) atoms. The van der Waals surface area contributed by atoms with Gasteiger partial charge in [0.15, 0.2) is 0 Å². The van der Waals surface area contributed by atoms with Gasteiger partial charge in [0.1, 0.15) is 0 Å². The highest BCUT2D eigenvalue weighted by Crippen LogP contribution is 2.24. The summed E-state index contributed by atoms with van der Waals surface area (Å²) in [4.78, 5) is 0.103. The van der Waals surface area contributed by atoms with Crippen LogP contribution in [0.1, 0.15) is 6.42 Å². The zero-order valence-electron chi connectivity index (χ0n) is 8.41. The number of halogens is 2. The molecule has 0 heterocycles. The van der Waals surface area contributed by atoms with Gasteiger partial charge in [-0.3, -0.25) is 0 Å². The van der Waals surface area contributed by atoms with E-state index in [-0.39, 0.29) is 9.92 Å². The minimum atomic E-state index is -3.51. The smallest absolute Gasteiger partial charge is 0.211 e. The quantitative estimate of drug-likeness (QED) is 0.666. The third-order valence-electron chi connectivity index (χ3n) is 1.84. The first kappa shape index (κ1) is 13.5. The highest BCUT2D eigenvalue weighted by Gasteiger charge is 2.14. The molecule has 0 radical (unpaired) electrons. The van der Waals surface area contributed by atoms with Gasteiger partial charge < -0.3 is 0 Å². The SMILES string of the molecule is C=CCCNS(=O)(=O)c1ccc(Cl)c(Cl)c1. The molecule has 0 bridgehead atoms. The molecule has 0 saturated heterocycles. The predicted molar refractivity (Wildman–Crippen MR) is 66.5 cm³/mol. The van der Waals surface area contributed by atoms with Gasteiger partial charge in [-0.15, -0.1) is 6.58 Å². The molecule has 0 unspecified atom stereocenters. The van der Waals surface area contributed by atoms with Crippen LogP contribution in [-0.4, -0.2) is 15.0 Å². The fourth-order valence-corrected chi connectivity index (χ4v) is 2.46. The monoisotopic (exact) mass is 279 g/mol. The van der Waals surface area contributed by atoms with E-state index >= 15 is 0 Å². The van der Waals surface area contributed by atoms with Crippen LogP contribution in [-0.2, 0) is 10.0 Å². The highest BCUT2D eigenvalue weighted by atomic mass is 35.5. The molecule has 0 aliphatic carbocycles. The van der Waals surface area contributed by atoms with Crippen molar-refractivity contribution in [3.05, 3.63) is 40.9 Å². The minimum Gasteiger partial charge on any atom is -0.211 e. The van der Waals surface area contributed by atoms with Gasteiger partial charge in [-0.25, -0.2) is 13.1 Å². The molecule has 0 fully saturated rings. The van der Waals surface area contributed by atoms with E-state index in [1.165, 1.54) is 18.2 Å². The summed E-state index contributed by atoms with van der Waals surface area (Å²) < 4.78 is 25.9. The van der Waals surface area contributed by atoms with Gasteiger partial charge in [0, 0.05) is 6.54 Å². The van der Waals surface area contributed by atoms with Gasteiger partial charge in [0.05, 0.1) is 14.9 Å². The molecule has 0 atom stereocenters. The summed E-state index contributed by atoms with van der Waals surface area (Å²) in [6, 6.07) is 4.18. The summed E-state index contributed by atoms with van der Waals surface area (Å²) in [6.07, 6.45) is 2.21. The maximum atomic E-state index is 11.7. The van der Waals surface area contributed by atoms with Crippen molar-refractivity contribution in [1.29, 1.82) is 0 Å². The molecular formula is C10H11Cl2NO2S. The van der Waals surface area contributed by atoms with E-state index in [1.54, 1.807) is 6.08 Å². The van der Waals surface area contributed by atoms with Gasteiger partial charge in [0.2, 0.25) is 10.0 Å². The van der Waals surface area contributed by atoms with Gasteiger partial charge in [-0.05, 0) is 24.6 Å². The Morgan fingerprint density at radius 3 is 2.56 bits per heavy atom. The van der Waals surface area contributed by atoms with Crippen molar-refractivity contribution < 1.29 is 8.42 Å². The normalized spacial score (nSPS) is 11.4. The predicted octanol–water partition coefficient (Wildman–Crippen LogP) is 2.85. The average Bonchev–Trinajstić information content (AvgIpc) is 2.22. The lowest BCUT2D eigenvalue weighted by Gasteiger charge is -2.06. The second kappa shape index (κ2) is 5.68. The summed E-state index contributed by atoms with van der Waals surface area (Å²) in [5.74, 6) is 0. The van der Waals surface area contributed by atoms with Crippen molar-refractivity contribution >= 4 is 33.2 Å². The molecular weight excluding hydrogens is 269 g/mol. The molecule has 1 N–H and O–H groups in total. The van der Waals surface area contributed by atoms with E-state index < -0.39 is 10.0 Å². The molecule has 0 saturated carbocycles. The largest absolute Gasteiger partial charge is 0.240 e. The average molecular weight is 280 g/mol. The Morgan fingerprint density at radius 1 is 1.31 bits per heavy atom. The first-order valence-electron chi connectivity index (χ1n) is 4.53. The van der Waals surface area contributed by atoms with Crippen molar-refractivity contribution in [3.63, 3.8) is 0 Å². The Kier molecular flexibility index (Phi) is 4.80. The molecule has 1 rings (SSSR count). The molecule has 0 spiro atoms. The van der Waals surface area contributed by atoms with E-state index in [9.17, 15) is 8.42 Å². The third-order valence-corrected chi connectivity index (χ3v) is 4.04. The lowest BCUT2D eigenvalue weighted by Crippen LogP contribution is -2.24. The summed E-state index contributed by atoms with van der Waals surface area (Å²) in [7, 11) is -3.51. The summed E-state index contributed by atoms with van der Waals surface area (Å²) in [5.41, 5.74) is 0. The first-order valence-corrected chi connectivity index (χ1v) is 6.77. The Bertz CT molecular complexity index is 486. The van der Waals surface area contributed by atoms with Gasteiger partial charge in [-0.1, -0.05) is 29.3 Å². The van der Waals surface area contributed by atoms with E-state index in [0.717, 1.165) is 0 Å². The van der Waals surface area contributed by atoms with Gasteiger partial charge in [0.25, 0.3) is 0 Å². The maximum absolute atomic E-state index is 11.7. The van der Waals surface area contributed by atoms with Crippen LogP contribution in [0.5, 0.6) is 0 Å². The lowest BCUT2D eigenvalue weighted by atomic mass is 10.4. The molecule has 3 nitrogen and oxygen atoms in total. The Balaban J connectivity index is 2.90. The standard InChI is InChI=1S/C10H11Cl2NO2S/c1-2-3-6-13-16(14,15)8-4-5-9(11)10(12)7-8/h2,4-5,7,13H,1,3,6H2. The van der Waals surface area contributed by atoms with Crippen LogP contribution in [0.25, 0.3) is 0 Å².